The standard InChI is InChI=1S/C19H17BrN4O2S/c20-16-9-8-14(25-16)18-23-22-17(26-18)11-24-10-4-3-6-13(24)19-21-12-5-1-2-7-15(12)27-19/h1-2,5,7-9,13H,3-4,6,10-11H2/t13-/m0/s1. The van der Waals surface area contributed by atoms with Crippen molar-refractivity contribution < 1.29 is 8.83 Å². The Bertz CT molecular complexity index is 1040. The summed E-state index contributed by atoms with van der Waals surface area (Å²) in [6, 6.07) is 12.2. The van der Waals surface area contributed by atoms with E-state index in [0.29, 0.717) is 34.8 Å². The van der Waals surface area contributed by atoms with Crippen LogP contribution in [-0.2, 0) is 6.54 Å². The lowest BCUT2D eigenvalue weighted by molar-refractivity contribution is 0.128. The number of para-hydroxylation sites is 1. The number of thiazole rings is 1. The van der Waals surface area contributed by atoms with Crippen LogP contribution in [0.3, 0.4) is 0 Å². The highest BCUT2D eigenvalue weighted by atomic mass is 79.9. The highest BCUT2D eigenvalue weighted by Crippen LogP contribution is 2.36. The van der Waals surface area contributed by atoms with Gasteiger partial charge in [0.2, 0.25) is 5.89 Å². The molecule has 0 bridgehead atoms. The van der Waals surface area contributed by atoms with Crippen molar-refractivity contribution in [1.82, 2.24) is 20.1 Å². The highest BCUT2D eigenvalue weighted by molar-refractivity contribution is 9.10. The van der Waals surface area contributed by atoms with Crippen molar-refractivity contribution in [1.29, 1.82) is 0 Å². The molecule has 8 heteroatoms. The van der Waals surface area contributed by atoms with Gasteiger partial charge in [0.15, 0.2) is 10.4 Å². The Morgan fingerprint density at radius 2 is 2.04 bits per heavy atom. The lowest BCUT2D eigenvalue weighted by Crippen LogP contribution is -2.33. The van der Waals surface area contributed by atoms with Crippen LogP contribution in [0.1, 0.15) is 36.2 Å². The van der Waals surface area contributed by atoms with Gasteiger partial charge < -0.3 is 8.83 Å². The summed E-state index contributed by atoms with van der Waals surface area (Å²) >= 11 is 5.08. The Balaban J connectivity index is 1.38. The molecule has 4 heterocycles. The van der Waals surface area contributed by atoms with E-state index in [4.69, 9.17) is 13.8 Å². The van der Waals surface area contributed by atoms with E-state index in [1.807, 2.05) is 18.2 Å². The van der Waals surface area contributed by atoms with Crippen LogP contribution in [0.25, 0.3) is 21.9 Å². The van der Waals surface area contributed by atoms with Gasteiger partial charge in [-0.15, -0.1) is 21.5 Å². The molecule has 1 aromatic carbocycles. The van der Waals surface area contributed by atoms with Crippen molar-refractivity contribution >= 4 is 37.5 Å². The number of benzene rings is 1. The quantitative estimate of drug-likeness (QED) is 0.417. The van der Waals surface area contributed by atoms with Crippen molar-refractivity contribution in [3.63, 3.8) is 0 Å². The third kappa shape index (κ3) is 3.44. The maximum atomic E-state index is 5.83. The number of likely N-dealkylation sites (tertiary alicyclic amines) is 1. The van der Waals surface area contributed by atoms with E-state index in [0.717, 1.165) is 18.5 Å². The number of fused-ring (bicyclic) bond motifs is 1. The first kappa shape index (κ1) is 17.1. The SMILES string of the molecule is Brc1ccc(-c2nnc(CN3CCCC[C@H]3c3nc4ccccc4s3)o2)o1. The summed E-state index contributed by atoms with van der Waals surface area (Å²) in [5.41, 5.74) is 1.08. The van der Waals surface area contributed by atoms with Crippen LogP contribution >= 0.6 is 27.3 Å². The molecule has 1 saturated heterocycles. The van der Waals surface area contributed by atoms with E-state index in [2.05, 4.69) is 49.2 Å². The molecule has 0 amide bonds. The number of aromatic nitrogens is 3. The number of halogens is 1. The molecule has 1 aliphatic rings. The molecule has 0 unspecified atom stereocenters. The number of rotatable bonds is 4. The van der Waals surface area contributed by atoms with Crippen molar-refractivity contribution in [3.8, 4) is 11.7 Å². The van der Waals surface area contributed by atoms with Crippen LogP contribution < -0.4 is 0 Å². The summed E-state index contributed by atoms with van der Waals surface area (Å²) in [4.78, 5) is 7.27. The molecule has 1 atom stereocenters. The summed E-state index contributed by atoms with van der Waals surface area (Å²) in [6.07, 6.45) is 3.49. The van der Waals surface area contributed by atoms with Gasteiger partial charge in [0, 0.05) is 0 Å². The molecule has 0 N–H and O–H groups in total. The highest BCUT2D eigenvalue weighted by Gasteiger charge is 2.28. The molecule has 138 valence electrons. The zero-order valence-corrected chi connectivity index (χ0v) is 16.9. The van der Waals surface area contributed by atoms with Gasteiger partial charge in [0.25, 0.3) is 5.89 Å². The zero-order chi connectivity index (χ0) is 18.2. The van der Waals surface area contributed by atoms with Gasteiger partial charge in [0.1, 0.15) is 5.01 Å². The Kier molecular flexibility index (Phi) is 4.55. The Hall–Kier alpha value is -2.03. The predicted octanol–water partition coefficient (Wildman–Crippen LogP) is 5.43. The average molecular weight is 445 g/mol. The smallest absolute Gasteiger partial charge is 0.283 e. The minimum Gasteiger partial charge on any atom is -0.444 e. The second-order valence-electron chi connectivity index (χ2n) is 6.61. The fraction of sp³-hybridized carbons (Fsp3) is 0.316. The topological polar surface area (TPSA) is 68.2 Å². The monoisotopic (exact) mass is 444 g/mol. The fourth-order valence-electron chi connectivity index (χ4n) is 3.51. The third-order valence-electron chi connectivity index (χ3n) is 4.80. The lowest BCUT2D eigenvalue weighted by atomic mass is 10.0. The number of furan rings is 1. The van der Waals surface area contributed by atoms with Gasteiger partial charge in [0.05, 0.1) is 22.8 Å². The number of hydrogen-bond donors (Lipinski definition) is 0. The van der Waals surface area contributed by atoms with Gasteiger partial charge in [-0.3, -0.25) is 4.90 Å². The maximum Gasteiger partial charge on any atom is 0.283 e. The minimum atomic E-state index is 0.296. The molecule has 0 aliphatic carbocycles. The summed E-state index contributed by atoms with van der Waals surface area (Å²) in [6.45, 7) is 1.63. The van der Waals surface area contributed by atoms with Gasteiger partial charge >= 0.3 is 0 Å². The average Bonchev–Trinajstić information content (AvgIpc) is 3.41. The van der Waals surface area contributed by atoms with Crippen molar-refractivity contribution in [3.05, 3.63) is 52.0 Å². The van der Waals surface area contributed by atoms with Crippen LogP contribution in [0.15, 0.2) is 49.9 Å². The first-order valence-corrected chi connectivity index (χ1v) is 10.5. The largest absolute Gasteiger partial charge is 0.444 e. The van der Waals surface area contributed by atoms with Crippen molar-refractivity contribution in [2.75, 3.05) is 6.54 Å². The van der Waals surface area contributed by atoms with Crippen molar-refractivity contribution in [2.45, 2.75) is 31.8 Å². The molecule has 5 rings (SSSR count). The van der Waals surface area contributed by atoms with Crippen LogP contribution in [0.5, 0.6) is 0 Å². The Labute approximate surface area is 168 Å². The summed E-state index contributed by atoms with van der Waals surface area (Å²) in [5, 5.41) is 9.51. The van der Waals surface area contributed by atoms with Crippen LogP contribution in [0.4, 0.5) is 0 Å². The number of nitrogens with zero attached hydrogens (tertiary/aromatic N) is 4. The third-order valence-corrected chi connectivity index (χ3v) is 6.36. The molecule has 1 fully saturated rings. The second kappa shape index (κ2) is 7.18. The minimum absolute atomic E-state index is 0.296. The molecule has 6 nitrogen and oxygen atoms in total. The van der Waals surface area contributed by atoms with Gasteiger partial charge in [-0.25, -0.2) is 4.98 Å². The molecule has 0 spiro atoms. The molecule has 27 heavy (non-hydrogen) atoms. The van der Waals surface area contributed by atoms with E-state index >= 15 is 0 Å². The normalized spacial score (nSPS) is 18.3. The van der Waals surface area contributed by atoms with E-state index in [-0.39, 0.29) is 0 Å². The van der Waals surface area contributed by atoms with Crippen molar-refractivity contribution in [2.24, 2.45) is 0 Å². The van der Waals surface area contributed by atoms with Crippen LogP contribution in [0.2, 0.25) is 0 Å². The molecular weight excluding hydrogens is 428 g/mol. The molecule has 1 aliphatic heterocycles. The number of hydrogen-bond acceptors (Lipinski definition) is 7. The van der Waals surface area contributed by atoms with Gasteiger partial charge in [-0.05, 0) is 59.6 Å². The molecule has 3 aromatic heterocycles. The molecule has 0 radical (unpaired) electrons. The van der Waals surface area contributed by atoms with Crippen LogP contribution in [0, 0.1) is 0 Å². The van der Waals surface area contributed by atoms with Crippen LogP contribution in [-0.4, -0.2) is 26.6 Å². The Morgan fingerprint density at radius 3 is 2.89 bits per heavy atom. The van der Waals surface area contributed by atoms with E-state index in [1.165, 1.54) is 22.5 Å². The maximum absolute atomic E-state index is 5.83. The molecule has 0 saturated carbocycles. The summed E-state index contributed by atoms with van der Waals surface area (Å²) < 4.78 is 13.2. The second-order valence-corrected chi connectivity index (χ2v) is 8.45. The Morgan fingerprint density at radius 1 is 1.11 bits per heavy atom. The zero-order valence-electron chi connectivity index (χ0n) is 14.5. The van der Waals surface area contributed by atoms with Gasteiger partial charge in [-0.2, -0.15) is 0 Å². The summed E-state index contributed by atoms with van der Waals surface area (Å²) in [7, 11) is 0. The fourth-order valence-corrected chi connectivity index (χ4v) is 4.96. The van der Waals surface area contributed by atoms with E-state index in [9.17, 15) is 0 Å². The predicted molar refractivity (Wildman–Crippen MR) is 106 cm³/mol. The first-order valence-electron chi connectivity index (χ1n) is 8.94. The summed E-state index contributed by atoms with van der Waals surface area (Å²) in [5.74, 6) is 1.58. The lowest BCUT2D eigenvalue weighted by Gasteiger charge is -2.33. The van der Waals surface area contributed by atoms with E-state index < -0.39 is 0 Å². The van der Waals surface area contributed by atoms with Gasteiger partial charge in [-0.1, -0.05) is 18.6 Å². The number of piperidine rings is 1. The first-order chi connectivity index (χ1) is 13.3. The van der Waals surface area contributed by atoms with E-state index in [1.54, 1.807) is 11.3 Å². The molecule has 4 aromatic rings. The molecular formula is C19H17BrN4O2S.